The van der Waals surface area contributed by atoms with Gasteiger partial charge in [-0.2, -0.15) is 0 Å². The zero-order valence-electron chi connectivity index (χ0n) is 27.7. The summed E-state index contributed by atoms with van der Waals surface area (Å²) in [5.74, 6) is 6.51. The number of allylic oxidation sites excluding steroid dienone is 12. The minimum Gasteiger partial charge on any atom is -0.319 e. The molecule has 0 radical (unpaired) electrons. The molecule has 0 aliphatic heterocycles. The number of nitrogens with two attached hydrogens (primary N) is 1. The van der Waals surface area contributed by atoms with Gasteiger partial charge in [0.25, 0.3) is 0 Å². The minimum absolute atomic E-state index is 0.0281. The van der Waals surface area contributed by atoms with Gasteiger partial charge in [-0.1, -0.05) is 99.7 Å². The summed E-state index contributed by atoms with van der Waals surface area (Å²) in [5.41, 5.74) is 4.41. The quantitative estimate of drug-likeness (QED) is 0.0374. The number of hydrazine groups is 1. The Labute approximate surface area is 261 Å². The highest BCUT2D eigenvalue weighted by Crippen LogP contribution is 2.26. The summed E-state index contributed by atoms with van der Waals surface area (Å²) in [6.07, 6.45) is 19.1. The molecule has 0 aromatic carbocycles. The molecule has 0 amide bonds. The van der Waals surface area contributed by atoms with E-state index in [1.165, 1.54) is 18.4 Å². The van der Waals surface area contributed by atoms with Crippen molar-refractivity contribution >= 4 is 17.3 Å². The first-order valence-electron chi connectivity index (χ1n) is 15.3. The molecule has 0 aromatic rings. The summed E-state index contributed by atoms with van der Waals surface area (Å²) in [5, 5.41) is 2.32. The highest BCUT2D eigenvalue weighted by atomic mass is 35.5. The third-order valence-corrected chi connectivity index (χ3v) is 6.98. The van der Waals surface area contributed by atoms with Crippen molar-refractivity contribution in [1.82, 2.24) is 10.1 Å². The van der Waals surface area contributed by atoms with Gasteiger partial charge in [0.05, 0.1) is 17.3 Å². The van der Waals surface area contributed by atoms with Crippen LogP contribution in [0.1, 0.15) is 100 Å². The Bertz CT molecular complexity index is 1030. The van der Waals surface area contributed by atoms with Gasteiger partial charge in [-0.3, -0.25) is 4.99 Å². The maximum absolute atomic E-state index is 14.9. The SMILES string of the molecule is C=C(C)\C(=C(Cl)/C=C(C)/N=C(\C)C(/C=C/C=C(\C=C/C)CCCCC)C/C(=C\C(C)C)N(C)N)N(F)CCC(F)CC. The van der Waals surface area contributed by atoms with Gasteiger partial charge in [-0.15, -0.1) is 0 Å². The molecule has 42 heavy (non-hydrogen) atoms. The number of halogens is 3. The maximum Gasteiger partial charge on any atom is 0.102 e. The van der Waals surface area contributed by atoms with Gasteiger partial charge in [-0.05, 0) is 82.9 Å². The lowest BCUT2D eigenvalue weighted by Crippen LogP contribution is -2.28. The maximum atomic E-state index is 14.9. The number of nitrogens with zero attached hydrogens (tertiary/aromatic N) is 3. The predicted octanol–water partition coefficient (Wildman–Crippen LogP) is 10.7. The lowest BCUT2D eigenvalue weighted by molar-refractivity contribution is 0.0622. The molecule has 0 aliphatic rings. The fourth-order valence-corrected chi connectivity index (χ4v) is 4.78. The van der Waals surface area contributed by atoms with Crippen LogP contribution in [-0.4, -0.2) is 35.6 Å². The molecule has 2 atom stereocenters. The van der Waals surface area contributed by atoms with Gasteiger partial charge in [0.1, 0.15) is 6.17 Å². The molecule has 0 saturated heterocycles. The topological polar surface area (TPSA) is 44.9 Å². The van der Waals surface area contributed by atoms with E-state index in [2.05, 4.69) is 63.8 Å². The zero-order valence-corrected chi connectivity index (χ0v) is 28.4. The van der Waals surface area contributed by atoms with Gasteiger partial charge in [0.2, 0.25) is 0 Å². The van der Waals surface area contributed by atoms with Gasteiger partial charge >= 0.3 is 0 Å². The number of alkyl halides is 1. The summed E-state index contributed by atoms with van der Waals surface area (Å²) < 4.78 is 28.7. The highest BCUT2D eigenvalue weighted by Gasteiger charge is 2.17. The number of hydrogen-bond acceptors (Lipinski definition) is 4. The molecule has 0 rings (SSSR count). The monoisotopic (exact) mass is 606 g/mol. The first kappa shape index (κ1) is 39.6. The van der Waals surface area contributed by atoms with Gasteiger partial charge < -0.3 is 5.01 Å². The second kappa shape index (κ2) is 22.1. The van der Waals surface area contributed by atoms with Crippen LogP contribution in [0, 0.1) is 11.8 Å². The van der Waals surface area contributed by atoms with E-state index < -0.39 is 6.17 Å². The van der Waals surface area contributed by atoms with Crippen molar-refractivity contribution in [3.05, 3.63) is 82.4 Å². The Morgan fingerprint density at radius 2 is 1.81 bits per heavy atom. The Kier molecular flexibility index (Phi) is 20.9. The Hall–Kier alpha value is -2.44. The van der Waals surface area contributed by atoms with Crippen LogP contribution in [0.15, 0.2) is 87.4 Å². The van der Waals surface area contributed by atoms with Crippen LogP contribution in [0.5, 0.6) is 0 Å². The van der Waals surface area contributed by atoms with E-state index >= 15 is 0 Å². The summed E-state index contributed by atoms with van der Waals surface area (Å²) in [6, 6.07) is 0. The van der Waals surface area contributed by atoms with Crippen molar-refractivity contribution in [3.63, 3.8) is 0 Å². The van der Waals surface area contributed by atoms with Crippen LogP contribution in [0.4, 0.5) is 8.87 Å². The third-order valence-electron chi connectivity index (χ3n) is 6.69. The van der Waals surface area contributed by atoms with Gasteiger partial charge in [0, 0.05) is 30.1 Å². The van der Waals surface area contributed by atoms with E-state index in [1.54, 1.807) is 24.9 Å². The van der Waals surface area contributed by atoms with Crippen LogP contribution in [0.25, 0.3) is 0 Å². The minimum atomic E-state index is -1.06. The van der Waals surface area contributed by atoms with E-state index in [1.807, 2.05) is 27.8 Å². The smallest absolute Gasteiger partial charge is 0.102 e. The van der Waals surface area contributed by atoms with Crippen LogP contribution >= 0.6 is 11.6 Å². The molecule has 0 heterocycles. The Morgan fingerprint density at radius 1 is 1.14 bits per heavy atom. The van der Waals surface area contributed by atoms with Crippen molar-refractivity contribution in [2.75, 3.05) is 13.6 Å². The molecule has 2 unspecified atom stereocenters. The highest BCUT2D eigenvalue weighted by molar-refractivity contribution is 6.31. The summed E-state index contributed by atoms with van der Waals surface area (Å²) in [4.78, 5) is 4.85. The summed E-state index contributed by atoms with van der Waals surface area (Å²) >= 11 is 6.56. The molecule has 238 valence electrons. The standard InChI is InChI=1S/C35H57ClF2N4/c1-11-14-15-18-30(17-12-2)19-16-20-31(25-33(41(10)39)23-26(4)5)29(9)40-28(8)24-34(36)35(27(6)7)42(38)22-21-32(37)13-3/h12,16-17,19-20,23-24,26,31-32H,6,11,13-15,18,21-22,25,39H2,1-5,7-10H3/b17-12-,20-16+,28-24+,30-19+,33-23+,35-34-,40-29+. The second-order valence-corrected chi connectivity index (χ2v) is 11.7. The van der Waals surface area contributed by atoms with Crippen molar-refractivity contribution in [3.8, 4) is 0 Å². The van der Waals surface area contributed by atoms with Gasteiger partial charge in [-0.25, -0.2) is 15.4 Å². The van der Waals surface area contributed by atoms with Crippen molar-refractivity contribution in [2.45, 2.75) is 107 Å². The first-order chi connectivity index (χ1) is 19.8. The van der Waals surface area contributed by atoms with E-state index in [9.17, 15) is 8.87 Å². The molecule has 0 saturated carbocycles. The molecule has 0 fully saturated rings. The Balaban J connectivity index is 6.43. The van der Waals surface area contributed by atoms with Crippen LogP contribution < -0.4 is 5.84 Å². The van der Waals surface area contributed by atoms with E-state index in [4.69, 9.17) is 22.4 Å². The summed E-state index contributed by atoms with van der Waals surface area (Å²) in [6.45, 7) is 19.5. The fourth-order valence-electron chi connectivity index (χ4n) is 4.36. The molecule has 0 spiro atoms. The fraction of sp³-hybridized carbons (Fsp3) is 0.571. The lowest BCUT2D eigenvalue weighted by Gasteiger charge is -2.22. The second-order valence-electron chi connectivity index (χ2n) is 11.3. The largest absolute Gasteiger partial charge is 0.319 e. The van der Waals surface area contributed by atoms with Crippen molar-refractivity contribution < 1.29 is 8.87 Å². The summed E-state index contributed by atoms with van der Waals surface area (Å²) in [7, 11) is 1.85. The molecular weight excluding hydrogens is 550 g/mol. The van der Waals surface area contributed by atoms with Crippen LogP contribution in [0.3, 0.4) is 0 Å². The van der Waals surface area contributed by atoms with Crippen molar-refractivity contribution in [2.24, 2.45) is 22.7 Å². The average Bonchev–Trinajstić information content (AvgIpc) is 2.89. The molecular formula is C35H57ClF2N4. The molecule has 0 bridgehead atoms. The average molecular weight is 607 g/mol. The van der Waals surface area contributed by atoms with Crippen LogP contribution in [0.2, 0.25) is 0 Å². The number of rotatable bonds is 20. The molecule has 0 aliphatic carbocycles. The third kappa shape index (κ3) is 16.9. The molecule has 2 N–H and O–H groups in total. The van der Waals surface area contributed by atoms with Gasteiger partial charge in [0.15, 0.2) is 0 Å². The molecule has 7 heteroatoms. The lowest BCUT2D eigenvalue weighted by atomic mass is 9.95. The Morgan fingerprint density at radius 3 is 2.33 bits per heavy atom. The van der Waals surface area contributed by atoms with Crippen molar-refractivity contribution in [1.29, 1.82) is 0 Å². The number of unbranched alkanes of at least 4 members (excludes halogenated alkanes) is 2. The molecule has 0 aromatic heterocycles. The number of hydrogen-bond donors (Lipinski definition) is 1. The number of aliphatic imine (C=N–C) groups is 1. The zero-order chi connectivity index (χ0) is 32.2. The molecule has 4 nitrogen and oxygen atoms in total. The van der Waals surface area contributed by atoms with E-state index in [0.29, 0.717) is 35.2 Å². The predicted molar refractivity (Wildman–Crippen MR) is 181 cm³/mol. The van der Waals surface area contributed by atoms with E-state index in [0.717, 1.165) is 24.3 Å². The van der Waals surface area contributed by atoms with E-state index in [-0.39, 0.29) is 29.6 Å². The normalized spacial score (nSPS) is 16.0. The van der Waals surface area contributed by atoms with Crippen LogP contribution in [-0.2, 0) is 0 Å². The first-order valence-corrected chi connectivity index (χ1v) is 15.7.